The highest BCUT2D eigenvalue weighted by atomic mass is 16.5. The molecule has 5 amide bonds. The van der Waals surface area contributed by atoms with Gasteiger partial charge in [0.25, 0.3) is 23.6 Å². The molecule has 2 aliphatic rings. The third kappa shape index (κ3) is 8.65. The fourth-order valence-corrected chi connectivity index (χ4v) is 6.43. The van der Waals surface area contributed by atoms with Crippen molar-refractivity contribution >= 4 is 58.6 Å². The van der Waals surface area contributed by atoms with E-state index in [-0.39, 0.29) is 60.7 Å². The molecule has 6 rings (SSSR count). The molecule has 0 radical (unpaired) electrons. The monoisotopic (exact) mass is 768 g/mol. The summed E-state index contributed by atoms with van der Waals surface area (Å²) in [4.78, 5) is 75.3. The second-order valence-electron chi connectivity index (χ2n) is 13.5. The van der Waals surface area contributed by atoms with Crippen LogP contribution >= 0.6 is 0 Å². The molecule has 18 heteroatoms. The highest BCUT2D eigenvalue weighted by Gasteiger charge is 2.34. The SMILES string of the molecule is C=C1CC2C=Nc3cc(OCCCC(=O)Nc4cn(C)c(C(=O)Nc5cc(C(=O)Nc6cc(C(=O)NCCCO)n(C)c6)n(C)c5)n4)c(OC)cc3C(=O)N2C1. The number of hydrogen-bond donors (Lipinski definition) is 5. The average Bonchev–Trinajstić information content (AvgIpc) is 3.91. The van der Waals surface area contributed by atoms with E-state index < -0.39 is 11.8 Å². The molecule has 5 heterocycles. The Morgan fingerprint density at radius 2 is 1.59 bits per heavy atom. The smallest absolute Gasteiger partial charge is 0.291 e. The minimum atomic E-state index is -0.564. The number of methoxy groups -OCH3 is 1. The van der Waals surface area contributed by atoms with Gasteiger partial charge in [-0.1, -0.05) is 12.2 Å². The van der Waals surface area contributed by atoms with Crippen LogP contribution in [0, 0.1) is 0 Å². The number of imidazole rings is 1. The van der Waals surface area contributed by atoms with Crippen LogP contribution in [0.1, 0.15) is 67.6 Å². The maximum atomic E-state index is 13.2. The Morgan fingerprint density at radius 1 is 0.893 bits per heavy atom. The van der Waals surface area contributed by atoms with Gasteiger partial charge in [0.2, 0.25) is 11.7 Å². The number of rotatable bonds is 15. The number of carbonyl (C=O) groups excluding carboxylic acids is 5. The molecule has 56 heavy (non-hydrogen) atoms. The number of aliphatic hydroxyl groups excluding tert-OH is 1. The number of amides is 5. The van der Waals surface area contributed by atoms with Crippen molar-refractivity contribution in [1.82, 2.24) is 28.9 Å². The van der Waals surface area contributed by atoms with Crippen LogP contribution in [0.3, 0.4) is 0 Å². The molecule has 1 saturated heterocycles. The molecule has 4 aromatic rings. The number of aromatic nitrogens is 4. The van der Waals surface area contributed by atoms with Crippen molar-refractivity contribution in [2.45, 2.75) is 31.7 Å². The molecule has 0 spiro atoms. The summed E-state index contributed by atoms with van der Waals surface area (Å²) in [5.41, 5.74) is 3.19. The second kappa shape index (κ2) is 16.8. The van der Waals surface area contributed by atoms with Gasteiger partial charge in [0.1, 0.15) is 11.4 Å². The van der Waals surface area contributed by atoms with E-state index in [9.17, 15) is 24.0 Å². The normalized spacial score (nSPS) is 14.5. The van der Waals surface area contributed by atoms with Gasteiger partial charge in [-0.05, 0) is 37.5 Å². The fraction of sp³-hybridized carbons (Fsp3) is 0.342. The van der Waals surface area contributed by atoms with Crippen LogP contribution in [-0.2, 0) is 25.9 Å². The zero-order chi connectivity index (χ0) is 40.1. The number of aryl methyl sites for hydroxylation is 3. The van der Waals surface area contributed by atoms with Gasteiger partial charge >= 0.3 is 0 Å². The summed E-state index contributed by atoms with van der Waals surface area (Å²) in [6.45, 7) is 4.95. The van der Waals surface area contributed by atoms with Gasteiger partial charge < -0.3 is 54.4 Å². The first kappa shape index (κ1) is 39.0. The van der Waals surface area contributed by atoms with Crippen molar-refractivity contribution in [3.05, 3.63) is 77.8 Å². The summed E-state index contributed by atoms with van der Waals surface area (Å²) in [5.74, 6) is -0.869. The zero-order valence-corrected chi connectivity index (χ0v) is 31.5. The molecule has 3 aromatic heterocycles. The summed E-state index contributed by atoms with van der Waals surface area (Å²) < 4.78 is 16.0. The van der Waals surface area contributed by atoms with Crippen LogP contribution in [0.5, 0.6) is 11.5 Å². The lowest BCUT2D eigenvalue weighted by Crippen LogP contribution is -2.35. The molecule has 0 saturated carbocycles. The number of nitrogens with zero attached hydrogens (tertiary/aromatic N) is 6. The Bertz CT molecular complexity index is 2230. The molecule has 0 aliphatic carbocycles. The van der Waals surface area contributed by atoms with Gasteiger partial charge in [-0.2, -0.15) is 0 Å². The molecule has 1 aromatic carbocycles. The number of aliphatic imine (C=N–C) groups is 1. The largest absolute Gasteiger partial charge is 0.493 e. The summed E-state index contributed by atoms with van der Waals surface area (Å²) in [7, 11) is 6.43. The summed E-state index contributed by atoms with van der Waals surface area (Å²) in [6.07, 6.45) is 7.98. The van der Waals surface area contributed by atoms with E-state index in [0.717, 1.165) is 5.57 Å². The first-order valence-corrected chi connectivity index (χ1v) is 17.9. The predicted molar refractivity (Wildman–Crippen MR) is 207 cm³/mol. The minimum Gasteiger partial charge on any atom is -0.493 e. The number of ether oxygens (including phenoxy) is 2. The maximum absolute atomic E-state index is 13.2. The van der Waals surface area contributed by atoms with Crippen LogP contribution in [0.2, 0.25) is 0 Å². The number of nitrogens with one attached hydrogen (secondary N) is 4. The third-order valence-corrected chi connectivity index (χ3v) is 9.22. The highest BCUT2D eigenvalue weighted by Crippen LogP contribution is 2.38. The summed E-state index contributed by atoms with van der Waals surface area (Å²) >= 11 is 0. The van der Waals surface area contributed by atoms with Crippen molar-refractivity contribution in [2.75, 3.05) is 49.4 Å². The van der Waals surface area contributed by atoms with Crippen LogP contribution in [0.4, 0.5) is 22.9 Å². The van der Waals surface area contributed by atoms with E-state index in [0.29, 0.717) is 72.2 Å². The Morgan fingerprint density at radius 3 is 2.29 bits per heavy atom. The van der Waals surface area contributed by atoms with Crippen molar-refractivity contribution in [3.63, 3.8) is 0 Å². The topological polar surface area (TPSA) is 215 Å². The molecule has 1 fully saturated rings. The van der Waals surface area contributed by atoms with E-state index in [4.69, 9.17) is 14.6 Å². The highest BCUT2D eigenvalue weighted by molar-refractivity contribution is 6.07. The number of benzene rings is 1. The molecule has 5 N–H and O–H groups in total. The van der Waals surface area contributed by atoms with E-state index >= 15 is 0 Å². The first-order valence-electron chi connectivity index (χ1n) is 17.9. The van der Waals surface area contributed by atoms with Crippen molar-refractivity contribution in [3.8, 4) is 11.5 Å². The van der Waals surface area contributed by atoms with Crippen molar-refractivity contribution < 1.29 is 38.6 Å². The van der Waals surface area contributed by atoms with Crippen LogP contribution in [0.25, 0.3) is 0 Å². The Labute approximate surface area is 322 Å². The summed E-state index contributed by atoms with van der Waals surface area (Å²) in [5, 5.41) is 19.8. The Kier molecular flexibility index (Phi) is 11.7. The van der Waals surface area contributed by atoms with Crippen molar-refractivity contribution in [2.24, 2.45) is 26.1 Å². The Hall–Kier alpha value is -6.69. The molecule has 2 aliphatic heterocycles. The number of aliphatic hydroxyl groups is 1. The van der Waals surface area contributed by atoms with E-state index in [1.54, 1.807) is 72.0 Å². The van der Waals surface area contributed by atoms with Gasteiger partial charge in [-0.15, -0.1) is 0 Å². The van der Waals surface area contributed by atoms with Gasteiger partial charge in [-0.25, -0.2) is 4.98 Å². The predicted octanol–water partition coefficient (Wildman–Crippen LogP) is 3.01. The molecular weight excluding hydrogens is 724 g/mol. The number of fused-ring (bicyclic) bond motifs is 2. The zero-order valence-electron chi connectivity index (χ0n) is 31.5. The fourth-order valence-electron chi connectivity index (χ4n) is 6.43. The van der Waals surface area contributed by atoms with Gasteiger partial charge in [-0.3, -0.25) is 29.0 Å². The molecule has 294 valence electrons. The number of carbonyl (C=O) groups is 5. The first-order chi connectivity index (χ1) is 26.8. The molecule has 1 atom stereocenters. The molecule has 18 nitrogen and oxygen atoms in total. The summed E-state index contributed by atoms with van der Waals surface area (Å²) in [6, 6.07) is 6.19. The lowest BCUT2D eigenvalue weighted by atomic mass is 10.1. The van der Waals surface area contributed by atoms with E-state index in [1.807, 2.05) is 0 Å². The Balaban J connectivity index is 0.992. The van der Waals surface area contributed by atoms with Crippen LogP contribution < -0.4 is 30.7 Å². The molecular formula is C38H44N10O8. The van der Waals surface area contributed by atoms with E-state index in [2.05, 4.69) is 37.8 Å². The quantitative estimate of drug-likeness (QED) is 0.0887. The van der Waals surface area contributed by atoms with Crippen molar-refractivity contribution in [1.29, 1.82) is 0 Å². The lowest BCUT2D eigenvalue weighted by molar-refractivity contribution is -0.116. The second-order valence-corrected chi connectivity index (χ2v) is 13.5. The van der Waals surface area contributed by atoms with Gasteiger partial charge in [0, 0.05) is 78.1 Å². The molecule has 0 bridgehead atoms. The maximum Gasteiger partial charge on any atom is 0.291 e. The third-order valence-electron chi connectivity index (χ3n) is 9.22. The standard InChI is InChI=1S/C38H44N10O8/c1-22-12-25-17-40-27-16-31(30(55-5)15-26(27)38(54)48(25)18-22)56-11-6-8-33(50)43-32-21-47(4)34(44-32)37(53)42-24-14-29(46(3)20-24)36(52)41-23-13-28(45(2)19-23)35(51)39-9-7-10-49/h13-17,19-21,25,49H,1,6-12,18H2,2-5H3,(H,39,51)(H,41,52)(H,42,53)(H,43,50). The number of hydrogen-bond acceptors (Lipinski definition) is 10. The van der Waals surface area contributed by atoms with Crippen LogP contribution in [-0.4, -0.2) is 104 Å². The van der Waals surface area contributed by atoms with Gasteiger partial charge in [0.05, 0.1) is 42.4 Å². The van der Waals surface area contributed by atoms with Crippen LogP contribution in [0.15, 0.2) is 60.0 Å². The molecule has 1 unspecified atom stereocenters. The minimum absolute atomic E-state index is 0.0226. The average molecular weight is 769 g/mol. The van der Waals surface area contributed by atoms with Gasteiger partial charge in [0.15, 0.2) is 17.3 Å². The van der Waals surface area contributed by atoms with E-state index in [1.165, 1.54) is 23.9 Å². The lowest BCUT2D eigenvalue weighted by Gasteiger charge is -2.20. The number of anilines is 3.